The Bertz CT molecular complexity index is 534. The monoisotopic (exact) mass is 301 g/mol. The van der Waals surface area contributed by atoms with Crippen LogP contribution in [0.25, 0.3) is 0 Å². The average molecular weight is 302 g/mol. The second kappa shape index (κ2) is 5.88. The van der Waals surface area contributed by atoms with Crippen molar-refractivity contribution in [1.82, 2.24) is 0 Å². The number of rotatable bonds is 3. The molecule has 1 nitrogen and oxygen atoms in total. The Kier molecular flexibility index (Phi) is 4.45. The Morgan fingerprint density at radius 2 is 1.72 bits per heavy atom. The van der Waals surface area contributed by atoms with E-state index in [-0.39, 0.29) is 5.82 Å². The van der Waals surface area contributed by atoms with Gasteiger partial charge in [0.2, 0.25) is 0 Å². The molecule has 0 atom stereocenters. The zero-order valence-electron chi connectivity index (χ0n) is 9.65. The smallest absolute Gasteiger partial charge is 0.125 e. The van der Waals surface area contributed by atoms with Crippen LogP contribution in [-0.2, 0) is 0 Å². The molecule has 0 N–H and O–H groups in total. The van der Waals surface area contributed by atoms with E-state index in [9.17, 15) is 4.39 Å². The number of benzene rings is 2. The van der Waals surface area contributed by atoms with Crippen LogP contribution in [-0.4, -0.2) is 7.05 Å². The van der Waals surface area contributed by atoms with Gasteiger partial charge in [-0.3, -0.25) is 0 Å². The van der Waals surface area contributed by atoms with E-state index < -0.39 is 6.63 Å². The second-order valence-electron chi connectivity index (χ2n) is 3.76. The third-order valence-corrected chi connectivity index (χ3v) is 4.46. The van der Waals surface area contributed by atoms with Crippen LogP contribution in [0.1, 0.15) is 0 Å². The van der Waals surface area contributed by atoms with E-state index in [4.69, 9.17) is 22.5 Å². The second-order valence-corrected chi connectivity index (χ2v) is 7.26. The van der Waals surface area contributed by atoms with Crippen molar-refractivity contribution in [2.24, 2.45) is 0 Å². The van der Waals surface area contributed by atoms with Gasteiger partial charge in [-0.2, -0.15) is 0 Å². The quantitative estimate of drug-likeness (QED) is 0.720. The topological polar surface area (TPSA) is 3.24 Å². The van der Waals surface area contributed by atoms with Gasteiger partial charge in [0.25, 0.3) is 0 Å². The van der Waals surface area contributed by atoms with Gasteiger partial charge in [0, 0.05) is 18.0 Å². The molecule has 0 bridgehead atoms. The van der Waals surface area contributed by atoms with Gasteiger partial charge in [0.05, 0.1) is 5.69 Å². The summed E-state index contributed by atoms with van der Waals surface area (Å²) in [6.45, 7) is -1.32. The zero-order chi connectivity index (χ0) is 13.1. The minimum atomic E-state index is -1.32. The van der Waals surface area contributed by atoms with Crippen LogP contribution in [0.2, 0.25) is 0 Å². The largest absolute Gasteiger partial charge is 0.344 e. The van der Waals surface area contributed by atoms with Crippen LogP contribution in [0.5, 0.6) is 0 Å². The summed E-state index contributed by atoms with van der Waals surface area (Å²) in [6, 6.07) is 14.1. The maximum absolute atomic E-state index is 13.4. The van der Waals surface area contributed by atoms with Crippen LogP contribution >= 0.6 is 29.1 Å². The lowest BCUT2D eigenvalue weighted by Crippen LogP contribution is -2.17. The van der Waals surface area contributed by atoms with Gasteiger partial charge >= 0.3 is 0 Å². The maximum atomic E-state index is 13.4. The highest BCUT2D eigenvalue weighted by Gasteiger charge is 2.15. The van der Waals surface area contributed by atoms with Gasteiger partial charge in [0.1, 0.15) is 12.4 Å². The Morgan fingerprint density at radius 3 is 2.33 bits per heavy atom. The first-order chi connectivity index (χ1) is 8.59. The van der Waals surface area contributed by atoms with E-state index >= 15 is 0 Å². The fourth-order valence-electron chi connectivity index (χ4n) is 1.70. The Labute approximate surface area is 116 Å². The Morgan fingerprint density at radius 1 is 1.06 bits per heavy atom. The lowest BCUT2D eigenvalue weighted by atomic mass is 10.2. The van der Waals surface area contributed by atoms with Crippen LogP contribution in [0.4, 0.5) is 15.8 Å². The molecule has 0 aromatic heterocycles. The molecule has 0 aliphatic carbocycles. The third kappa shape index (κ3) is 2.95. The highest BCUT2D eigenvalue weighted by Crippen LogP contribution is 2.48. The predicted octanol–water partition coefficient (Wildman–Crippen LogP) is 5.01. The molecule has 0 fully saturated rings. The van der Waals surface area contributed by atoms with Gasteiger partial charge in [-0.05, 0) is 30.3 Å². The normalized spacial score (nSPS) is 10.7. The van der Waals surface area contributed by atoms with Crippen molar-refractivity contribution in [3.8, 4) is 0 Å². The summed E-state index contributed by atoms with van der Waals surface area (Å²) in [6.07, 6.45) is 0. The Hall–Kier alpha value is -0.820. The molecule has 0 amide bonds. The number of halogens is 3. The molecule has 0 spiro atoms. The molecule has 0 aliphatic heterocycles. The minimum absolute atomic E-state index is 0.304. The molecule has 2 rings (SSSR count). The molecule has 0 aliphatic rings. The van der Waals surface area contributed by atoms with E-state index in [0.29, 0.717) is 5.69 Å². The number of hydrogen-bond donors (Lipinski definition) is 0. The van der Waals surface area contributed by atoms with E-state index in [2.05, 4.69) is 0 Å². The van der Waals surface area contributed by atoms with E-state index in [1.807, 2.05) is 42.3 Å². The van der Waals surface area contributed by atoms with Crippen molar-refractivity contribution in [3.63, 3.8) is 0 Å². The molecule has 94 valence electrons. The van der Waals surface area contributed by atoms with E-state index in [1.165, 1.54) is 12.1 Å². The SMILES string of the molecule is CN(c1ccccc1)c1cc(F)ccc1P(Cl)Cl. The predicted molar refractivity (Wildman–Crippen MR) is 79.2 cm³/mol. The van der Waals surface area contributed by atoms with Crippen LogP contribution < -0.4 is 10.2 Å². The summed E-state index contributed by atoms with van der Waals surface area (Å²) in [5.41, 5.74) is 1.65. The summed E-state index contributed by atoms with van der Waals surface area (Å²) in [5, 5.41) is 0.751. The summed E-state index contributed by atoms with van der Waals surface area (Å²) >= 11 is 11.9. The highest BCUT2D eigenvalue weighted by atomic mass is 35.9. The Balaban J connectivity index is 2.47. The first-order valence-electron chi connectivity index (χ1n) is 5.29. The summed E-state index contributed by atoms with van der Waals surface area (Å²) < 4.78 is 13.4. The number of nitrogens with zero attached hydrogens (tertiary/aromatic N) is 1. The first-order valence-corrected chi connectivity index (χ1v) is 8.45. The van der Waals surface area contributed by atoms with Crippen molar-refractivity contribution in [3.05, 3.63) is 54.3 Å². The number of para-hydroxylation sites is 1. The fraction of sp³-hybridized carbons (Fsp3) is 0.0769. The lowest BCUT2D eigenvalue weighted by Gasteiger charge is -2.22. The third-order valence-electron chi connectivity index (χ3n) is 2.62. The molecule has 18 heavy (non-hydrogen) atoms. The van der Waals surface area contributed by atoms with Crippen LogP contribution in [0.3, 0.4) is 0 Å². The summed E-state index contributed by atoms with van der Waals surface area (Å²) in [7, 11) is 1.86. The standard InChI is InChI=1S/C13H11Cl2FNP/c1-17(11-5-3-2-4-6-11)12-9-10(16)7-8-13(12)18(14)15/h2-9H,1H3. The molecular formula is C13H11Cl2FNP. The first kappa shape index (κ1) is 13.6. The summed E-state index contributed by atoms with van der Waals surface area (Å²) in [5.74, 6) is -0.304. The van der Waals surface area contributed by atoms with Crippen molar-refractivity contribution < 1.29 is 4.39 Å². The zero-order valence-corrected chi connectivity index (χ0v) is 12.1. The van der Waals surface area contributed by atoms with Crippen LogP contribution in [0.15, 0.2) is 48.5 Å². The molecule has 0 heterocycles. The van der Waals surface area contributed by atoms with E-state index in [1.54, 1.807) is 6.07 Å². The van der Waals surface area contributed by atoms with E-state index in [0.717, 1.165) is 11.0 Å². The minimum Gasteiger partial charge on any atom is -0.344 e. The molecule has 0 saturated carbocycles. The van der Waals surface area contributed by atoms with Crippen molar-refractivity contribution in [1.29, 1.82) is 0 Å². The molecule has 0 radical (unpaired) electrons. The van der Waals surface area contributed by atoms with Crippen molar-refractivity contribution >= 4 is 45.8 Å². The van der Waals surface area contributed by atoms with Gasteiger partial charge in [0.15, 0.2) is 0 Å². The average Bonchev–Trinajstić information content (AvgIpc) is 2.38. The molecule has 0 saturated heterocycles. The summed E-state index contributed by atoms with van der Waals surface area (Å²) in [4.78, 5) is 1.87. The van der Waals surface area contributed by atoms with Gasteiger partial charge < -0.3 is 4.90 Å². The molecule has 0 unspecified atom stereocenters. The molecular weight excluding hydrogens is 291 g/mol. The van der Waals surface area contributed by atoms with Gasteiger partial charge in [-0.25, -0.2) is 4.39 Å². The highest BCUT2D eigenvalue weighted by molar-refractivity contribution is 8.09. The fourth-order valence-corrected chi connectivity index (χ4v) is 3.13. The van der Waals surface area contributed by atoms with Gasteiger partial charge in [-0.15, -0.1) is 0 Å². The van der Waals surface area contributed by atoms with Gasteiger partial charge in [-0.1, -0.05) is 40.7 Å². The number of hydrogen-bond acceptors (Lipinski definition) is 1. The lowest BCUT2D eigenvalue weighted by molar-refractivity contribution is 0.628. The van der Waals surface area contributed by atoms with Crippen molar-refractivity contribution in [2.45, 2.75) is 0 Å². The molecule has 2 aromatic carbocycles. The van der Waals surface area contributed by atoms with Crippen molar-refractivity contribution in [2.75, 3.05) is 11.9 Å². The molecule has 5 heteroatoms. The molecule has 2 aromatic rings. The number of anilines is 2. The maximum Gasteiger partial charge on any atom is 0.125 e. The van der Waals surface area contributed by atoms with Crippen LogP contribution in [0, 0.1) is 5.82 Å².